The van der Waals surface area contributed by atoms with Crippen LogP contribution in [-0.4, -0.2) is 39.9 Å². The lowest BCUT2D eigenvalue weighted by atomic mass is 10.2. The van der Waals surface area contributed by atoms with Crippen molar-refractivity contribution in [2.45, 2.75) is 5.75 Å². The summed E-state index contributed by atoms with van der Waals surface area (Å²) in [6, 6.07) is 12.2. The predicted octanol–water partition coefficient (Wildman–Crippen LogP) is 4.05. The number of carbonyl (C=O) groups is 1. The second-order valence-corrected chi connectivity index (χ2v) is 9.73. The Labute approximate surface area is 174 Å². The zero-order valence-corrected chi connectivity index (χ0v) is 18.1. The number of rotatable bonds is 8. The number of benzene rings is 2. The summed E-state index contributed by atoms with van der Waals surface area (Å²) in [6.07, 6.45) is 1.09. The van der Waals surface area contributed by atoms with Gasteiger partial charge in [-0.1, -0.05) is 41.4 Å². The van der Waals surface area contributed by atoms with Crippen LogP contribution in [-0.2, 0) is 15.8 Å². The smallest absolute Gasteiger partial charge is 0.252 e. The van der Waals surface area contributed by atoms with Gasteiger partial charge in [0.2, 0.25) is 10.0 Å². The van der Waals surface area contributed by atoms with Gasteiger partial charge in [0.1, 0.15) is 0 Å². The highest BCUT2D eigenvalue weighted by molar-refractivity contribution is 7.98. The van der Waals surface area contributed by atoms with Crippen LogP contribution >= 0.6 is 35.0 Å². The van der Waals surface area contributed by atoms with Crippen molar-refractivity contribution in [3.8, 4) is 0 Å². The zero-order valence-electron chi connectivity index (χ0n) is 14.9. The number of anilines is 1. The van der Waals surface area contributed by atoms with Crippen molar-refractivity contribution < 1.29 is 13.2 Å². The fourth-order valence-electron chi connectivity index (χ4n) is 2.20. The molecule has 0 radical (unpaired) electrons. The summed E-state index contributed by atoms with van der Waals surface area (Å²) in [5.74, 6) is 1.12. The molecule has 2 aromatic rings. The van der Waals surface area contributed by atoms with Gasteiger partial charge in [-0.15, -0.1) is 0 Å². The molecule has 1 N–H and O–H groups in total. The molecule has 0 aromatic heterocycles. The summed E-state index contributed by atoms with van der Waals surface area (Å²) in [7, 11) is -2.00. The fourth-order valence-corrected chi connectivity index (χ4v) is 4.05. The van der Waals surface area contributed by atoms with Gasteiger partial charge in [0.05, 0.1) is 22.5 Å². The Morgan fingerprint density at radius 3 is 2.52 bits per heavy atom. The molecule has 9 heteroatoms. The SMILES string of the molecule is CN(c1ccc(Cl)c(C(=O)NCCSCc2ccccc2Cl)c1)S(C)(=O)=O. The summed E-state index contributed by atoms with van der Waals surface area (Å²) >= 11 is 13.9. The van der Waals surface area contributed by atoms with E-state index in [9.17, 15) is 13.2 Å². The van der Waals surface area contributed by atoms with E-state index in [0.717, 1.165) is 26.9 Å². The highest BCUT2D eigenvalue weighted by Crippen LogP contribution is 2.24. The Morgan fingerprint density at radius 2 is 1.85 bits per heavy atom. The highest BCUT2D eigenvalue weighted by Gasteiger charge is 2.16. The van der Waals surface area contributed by atoms with Gasteiger partial charge in [-0.3, -0.25) is 9.10 Å². The van der Waals surface area contributed by atoms with Crippen molar-refractivity contribution in [3.05, 3.63) is 63.6 Å². The minimum atomic E-state index is -3.42. The second-order valence-electron chi connectivity index (χ2n) is 5.79. The molecule has 5 nitrogen and oxygen atoms in total. The van der Waals surface area contributed by atoms with Crippen LogP contribution in [0.25, 0.3) is 0 Å². The molecular weight excluding hydrogens is 427 g/mol. The Morgan fingerprint density at radius 1 is 1.15 bits per heavy atom. The Balaban J connectivity index is 1.91. The first kappa shape index (κ1) is 21.9. The Kier molecular flexibility index (Phi) is 7.85. The molecule has 1 amide bonds. The van der Waals surface area contributed by atoms with E-state index in [0.29, 0.717) is 18.0 Å². The van der Waals surface area contributed by atoms with E-state index >= 15 is 0 Å². The maximum atomic E-state index is 12.4. The number of amides is 1. The zero-order chi connectivity index (χ0) is 20.0. The molecule has 0 aliphatic rings. The molecule has 0 bridgehead atoms. The van der Waals surface area contributed by atoms with Gasteiger partial charge in [-0.05, 0) is 29.8 Å². The normalized spacial score (nSPS) is 11.3. The maximum Gasteiger partial charge on any atom is 0.252 e. The van der Waals surface area contributed by atoms with Crippen LogP contribution in [0.1, 0.15) is 15.9 Å². The van der Waals surface area contributed by atoms with E-state index in [2.05, 4.69) is 5.32 Å². The monoisotopic (exact) mass is 446 g/mol. The van der Waals surface area contributed by atoms with Gasteiger partial charge in [0, 0.05) is 30.1 Å². The molecule has 0 saturated heterocycles. The van der Waals surface area contributed by atoms with E-state index in [-0.39, 0.29) is 16.5 Å². The summed E-state index contributed by atoms with van der Waals surface area (Å²) in [5, 5.41) is 3.80. The number of nitrogens with zero attached hydrogens (tertiary/aromatic N) is 1. The molecule has 0 saturated carbocycles. The molecule has 0 fully saturated rings. The number of nitrogens with one attached hydrogen (secondary N) is 1. The van der Waals surface area contributed by atoms with Gasteiger partial charge >= 0.3 is 0 Å². The molecule has 2 rings (SSSR count). The molecule has 0 unspecified atom stereocenters. The lowest BCUT2D eigenvalue weighted by Crippen LogP contribution is -2.28. The number of carbonyl (C=O) groups excluding carboxylic acids is 1. The van der Waals surface area contributed by atoms with Crippen molar-refractivity contribution in [2.75, 3.05) is 29.9 Å². The summed E-state index contributed by atoms with van der Waals surface area (Å²) in [5.41, 5.74) is 1.66. The summed E-state index contributed by atoms with van der Waals surface area (Å²) in [4.78, 5) is 12.4. The first-order valence-corrected chi connectivity index (χ1v) is 11.8. The lowest BCUT2D eigenvalue weighted by Gasteiger charge is -2.18. The van der Waals surface area contributed by atoms with Crippen LogP contribution in [0.15, 0.2) is 42.5 Å². The molecule has 27 heavy (non-hydrogen) atoms. The minimum Gasteiger partial charge on any atom is -0.351 e. The number of hydrogen-bond acceptors (Lipinski definition) is 4. The quantitative estimate of drug-likeness (QED) is 0.620. The van der Waals surface area contributed by atoms with E-state index < -0.39 is 10.0 Å². The van der Waals surface area contributed by atoms with Crippen molar-refractivity contribution in [1.82, 2.24) is 5.32 Å². The average Bonchev–Trinajstić information content (AvgIpc) is 2.61. The standard InChI is InChI=1S/C18H20Cl2N2O3S2/c1-22(27(2,24)25)14-7-8-17(20)15(11-14)18(23)21-9-10-26-12-13-5-3-4-6-16(13)19/h3-8,11H,9-10,12H2,1-2H3,(H,21,23). The van der Waals surface area contributed by atoms with Crippen molar-refractivity contribution >= 4 is 56.6 Å². The van der Waals surface area contributed by atoms with Gasteiger partial charge < -0.3 is 5.32 Å². The van der Waals surface area contributed by atoms with Gasteiger partial charge in [-0.25, -0.2) is 8.42 Å². The third-order valence-corrected chi connectivity index (χ3v) is 6.72. The van der Waals surface area contributed by atoms with Crippen molar-refractivity contribution in [1.29, 1.82) is 0 Å². The topological polar surface area (TPSA) is 66.5 Å². The number of sulfonamides is 1. The van der Waals surface area contributed by atoms with E-state index in [4.69, 9.17) is 23.2 Å². The van der Waals surface area contributed by atoms with Crippen LogP contribution in [0.5, 0.6) is 0 Å². The van der Waals surface area contributed by atoms with Crippen molar-refractivity contribution in [2.24, 2.45) is 0 Å². The van der Waals surface area contributed by atoms with Crippen LogP contribution < -0.4 is 9.62 Å². The lowest BCUT2D eigenvalue weighted by molar-refractivity contribution is 0.0956. The molecule has 146 valence electrons. The Bertz CT molecular complexity index is 921. The number of hydrogen-bond donors (Lipinski definition) is 1. The summed E-state index contributed by atoms with van der Waals surface area (Å²) in [6.45, 7) is 0.455. The van der Waals surface area contributed by atoms with E-state index in [1.54, 1.807) is 17.8 Å². The van der Waals surface area contributed by atoms with Crippen molar-refractivity contribution in [3.63, 3.8) is 0 Å². The van der Waals surface area contributed by atoms with E-state index in [1.807, 2.05) is 24.3 Å². The maximum absolute atomic E-state index is 12.4. The second kappa shape index (κ2) is 9.68. The average molecular weight is 447 g/mol. The van der Waals surface area contributed by atoms with Crippen LogP contribution in [0.2, 0.25) is 10.0 Å². The minimum absolute atomic E-state index is 0.237. The predicted molar refractivity (Wildman–Crippen MR) is 115 cm³/mol. The fraction of sp³-hybridized carbons (Fsp3) is 0.278. The van der Waals surface area contributed by atoms with Crippen LogP contribution in [0, 0.1) is 0 Å². The molecular formula is C18H20Cl2N2O3S2. The largest absolute Gasteiger partial charge is 0.351 e. The van der Waals surface area contributed by atoms with Gasteiger partial charge in [-0.2, -0.15) is 11.8 Å². The van der Waals surface area contributed by atoms with Crippen LogP contribution in [0.3, 0.4) is 0 Å². The highest BCUT2D eigenvalue weighted by atomic mass is 35.5. The Hall–Kier alpha value is -1.41. The molecule has 0 aliphatic heterocycles. The first-order chi connectivity index (χ1) is 12.7. The third-order valence-electron chi connectivity index (χ3n) is 3.80. The summed E-state index contributed by atoms with van der Waals surface area (Å²) < 4.78 is 24.4. The molecule has 2 aromatic carbocycles. The van der Waals surface area contributed by atoms with E-state index in [1.165, 1.54) is 19.2 Å². The number of halogens is 2. The molecule has 0 heterocycles. The first-order valence-electron chi connectivity index (χ1n) is 8.03. The van der Waals surface area contributed by atoms with Gasteiger partial charge in [0.25, 0.3) is 5.91 Å². The molecule has 0 aliphatic carbocycles. The molecule has 0 atom stereocenters. The van der Waals surface area contributed by atoms with Crippen LogP contribution in [0.4, 0.5) is 5.69 Å². The number of thioether (sulfide) groups is 1. The third kappa shape index (κ3) is 6.31. The molecule has 0 spiro atoms. The van der Waals surface area contributed by atoms with Gasteiger partial charge in [0.15, 0.2) is 0 Å².